The smallest absolute Gasteiger partial charge is 0.305 e. The topological polar surface area (TPSA) is 128 Å². The predicted octanol–water partition coefficient (Wildman–Crippen LogP) is 1.33. The van der Waals surface area contributed by atoms with Crippen molar-refractivity contribution in [1.29, 1.82) is 5.26 Å². The Morgan fingerprint density at radius 3 is 2.76 bits per heavy atom. The standard InChI is InChI=1S/C13H13ClN4O3/c14-10-5-9(16)1-2-11(10)18-7-8(6-15)13(21)17-4-3-12(19)20/h1-2,5,7,18H,3-4,16H2,(H,17,21)(H,19,20)/b8-7-. The number of nitrogens with two attached hydrogens (primary N) is 1. The fraction of sp³-hybridized carbons (Fsp3) is 0.154. The second kappa shape index (κ2) is 7.77. The van der Waals surface area contributed by atoms with Crippen LogP contribution in [0.15, 0.2) is 30.0 Å². The van der Waals surface area contributed by atoms with Crippen LogP contribution in [-0.4, -0.2) is 23.5 Å². The highest BCUT2D eigenvalue weighted by Crippen LogP contribution is 2.24. The molecule has 0 bridgehead atoms. The number of rotatable bonds is 6. The Labute approximate surface area is 126 Å². The highest BCUT2D eigenvalue weighted by atomic mass is 35.5. The maximum atomic E-state index is 11.6. The Bertz CT molecular complexity index is 622. The van der Waals surface area contributed by atoms with Crippen molar-refractivity contribution in [2.75, 3.05) is 17.6 Å². The van der Waals surface area contributed by atoms with Gasteiger partial charge in [0, 0.05) is 18.4 Å². The molecule has 8 heteroatoms. The van der Waals surface area contributed by atoms with Crippen molar-refractivity contribution in [2.24, 2.45) is 0 Å². The van der Waals surface area contributed by atoms with Crippen LogP contribution in [0.5, 0.6) is 0 Å². The van der Waals surface area contributed by atoms with Crippen LogP contribution in [0.3, 0.4) is 0 Å². The third-order valence-electron chi connectivity index (χ3n) is 2.35. The van der Waals surface area contributed by atoms with Crippen molar-refractivity contribution < 1.29 is 14.7 Å². The Hall–Kier alpha value is -2.72. The van der Waals surface area contributed by atoms with E-state index in [1.165, 1.54) is 12.3 Å². The zero-order valence-electron chi connectivity index (χ0n) is 10.9. The molecule has 5 N–H and O–H groups in total. The van der Waals surface area contributed by atoms with Crippen molar-refractivity contribution >= 4 is 34.9 Å². The fourth-order valence-corrected chi connectivity index (χ4v) is 1.57. The molecule has 0 unspecified atom stereocenters. The molecule has 1 aromatic rings. The number of anilines is 2. The summed E-state index contributed by atoms with van der Waals surface area (Å²) in [5.41, 5.74) is 6.32. The van der Waals surface area contributed by atoms with Gasteiger partial charge in [0.15, 0.2) is 0 Å². The third-order valence-corrected chi connectivity index (χ3v) is 2.67. The average Bonchev–Trinajstić information content (AvgIpc) is 2.41. The van der Waals surface area contributed by atoms with Gasteiger partial charge in [0.25, 0.3) is 5.91 Å². The Morgan fingerprint density at radius 2 is 2.19 bits per heavy atom. The predicted molar refractivity (Wildman–Crippen MR) is 78.4 cm³/mol. The van der Waals surface area contributed by atoms with E-state index in [-0.39, 0.29) is 18.5 Å². The number of carbonyl (C=O) groups excluding carboxylic acids is 1. The second-order valence-electron chi connectivity index (χ2n) is 3.95. The molecule has 0 aliphatic heterocycles. The number of aliphatic carboxylic acids is 1. The zero-order valence-corrected chi connectivity index (χ0v) is 11.6. The first-order valence-corrected chi connectivity index (χ1v) is 6.23. The number of hydrogen-bond acceptors (Lipinski definition) is 5. The average molecular weight is 309 g/mol. The van der Waals surface area contributed by atoms with Gasteiger partial charge in [0.1, 0.15) is 11.6 Å². The maximum absolute atomic E-state index is 11.6. The molecule has 1 amide bonds. The number of nitriles is 1. The highest BCUT2D eigenvalue weighted by Gasteiger charge is 2.09. The SMILES string of the molecule is N#C/C(=C/Nc1ccc(N)cc1Cl)C(=O)NCCC(=O)O. The van der Waals surface area contributed by atoms with Crippen LogP contribution in [0.4, 0.5) is 11.4 Å². The van der Waals surface area contributed by atoms with Crippen LogP contribution >= 0.6 is 11.6 Å². The molecule has 0 saturated carbocycles. The molecule has 0 atom stereocenters. The van der Waals surface area contributed by atoms with Gasteiger partial charge in [0.2, 0.25) is 0 Å². The number of carboxylic acid groups (broad SMARTS) is 1. The quantitative estimate of drug-likeness (QED) is 0.356. The maximum Gasteiger partial charge on any atom is 0.305 e. The van der Waals surface area contributed by atoms with E-state index in [1.807, 2.05) is 0 Å². The summed E-state index contributed by atoms with van der Waals surface area (Å²) in [6, 6.07) is 6.45. The number of carboxylic acids is 1. The van der Waals surface area contributed by atoms with Gasteiger partial charge in [-0.15, -0.1) is 0 Å². The summed E-state index contributed by atoms with van der Waals surface area (Å²) >= 11 is 5.93. The molecule has 0 aliphatic carbocycles. The lowest BCUT2D eigenvalue weighted by molar-refractivity contribution is -0.136. The van der Waals surface area contributed by atoms with Crippen molar-refractivity contribution in [3.8, 4) is 6.07 Å². The number of halogens is 1. The lowest BCUT2D eigenvalue weighted by Crippen LogP contribution is -2.27. The highest BCUT2D eigenvalue weighted by molar-refractivity contribution is 6.33. The number of nitrogens with one attached hydrogen (secondary N) is 2. The molecule has 21 heavy (non-hydrogen) atoms. The third kappa shape index (κ3) is 5.42. The van der Waals surface area contributed by atoms with E-state index in [1.54, 1.807) is 18.2 Å². The van der Waals surface area contributed by atoms with E-state index >= 15 is 0 Å². The number of nitrogen functional groups attached to an aromatic ring is 1. The Kier molecular flexibility index (Phi) is 6.04. The summed E-state index contributed by atoms with van der Waals surface area (Å²) < 4.78 is 0. The molecular formula is C13H13ClN4O3. The number of nitrogens with zero attached hydrogens (tertiary/aromatic N) is 1. The van der Waals surface area contributed by atoms with Crippen LogP contribution in [0.2, 0.25) is 5.02 Å². The van der Waals surface area contributed by atoms with Crippen molar-refractivity contribution in [2.45, 2.75) is 6.42 Å². The van der Waals surface area contributed by atoms with Gasteiger partial charge in [0.05, 0.1) is 17.1 Å². The first-order chi connectivity index (χ1) is 9.93. The molecule has 0 radical (unpaired) electrons. The van der Waals surface area contributed by atoms with Crippen LogP contribution < -0.4 is 16.4 Å². The minimum Gasteiger partial charge on any atom is -0.481 e. The molecule has 0 fully saturated rings. The van der Waals surface area contributed by atoms with Gasteiger partial charge in [-0.05, 0) is 18.2 Å². The van der Waals surface area contributed by atoms with Crippen LogP contribution in [0.25, 0.3) is 0 Å². The normalized spacial score (nSPS) is 10.6. The number of amides is 1. The van der Waals surface area contributed by atoms with Gasteiger partial charge in [-0.25, -0.2) is 0 Å². The molecule has 0 spiro atoms. The number of benzene rings is 1. The number of carbonyl (C=O) groups is 2. The van der Waals surface area contributed by atoms with Crippen LogP contribution in [0.1, 0.15) is 6.42 Å². The van der Waals surface area contributed by atoms with E-state index in [0.717, 1.165) is 0 Å². The largest absolute Gasteiger partial charge is 0.481 e. The zero-order chi connectivity index (χ0) is 15.8. The summed E-state index contributed by atoms with van der Waals surface area (Å²) in [7, 11) is 0. The Balaban J connectivity index is 2.69. The van der Waals surface area contributed by atoms with Crippen molar-refractivity contribution in [3.63, 3.8) is 0 Å². The van der Waals surface area contributed by atoms with Crippen molar-refractivity contribution in [1.82, 2.24) is 5.32 Å². The molecule has 0 aromatic heterocycles. The van der Waals surface area contributed by atoms with E-state index in [2.05, 4.69) is 10.6 Å². The molecule has 0 aliphatic rings. The second-order valence-corrected chi connectivity index (χ2v) is 4.36. The van der Waals surface area contributed by atoms with Gasteiger partial charge < -0.3 is 21.5 Å². The lowest BCUT2D eigenvalue weighted by Gasteiger charge is -2.06. The first kappa shape index (κ1) is 16.3. The van der Waals surface area contributed by atoms with Crippen LogP contribution in [-0.2, 0) is 9.59 Å². The minimum absolute atomic E-state index is 0.0597. The molecule has 7 nitrogen and oxygen atoms in total. The van der Waals surface area contributed by atoms with Crippen molar-refractivity contribution in [3.05, 3.63) is 35.0 Å². The first-order valence-electron chi connectivity index (χ1n) is 5.86. The molecule has 1 rings (SSSR count). The minimum atomic E-state index is -1.04. The summed E-state index contributed by atoms with van der Waals surface area (Å²) in [6.45, 7) is -0.0597. The summed E-state index contributed by atoms with van der Waals surface area (Å²) in [5.74, 6) is -1.71. The molecular weight excluding hydrogens is 296 g/mol. The molecule has 0 saturated heterocycles. The van der Waals surface area contributed by atoms with E-state index < -0.39 is 11.9 Å². The monoisotopic (exact) mass is 308 g/mol. The van der Waals surface area contributed by atoms with Gasteiger partial charge in [-0.1, -0.05) is 11.6 Å². The van der Waals surface area contributed by atoms with Gasteiger partial charge in [-0.3, -0.25) is 9.59 Å². The van der Waals surface area contributed by atoms with Gasteiger partial charge in [-0.2, -0.15) is 5.26 Å². The Morgan fingerprint density at radius 1 is 1.48 bits per heavy atom. The van der Waals surface area contributed by atoms with Crippen LogP contribution in [0, 0.1) is 11.3 Å². The van der Waals surface area contributed by atoms with E-state index in [4.69, 9.17) is 27.7 Å². The summed E-state index contributed by atoms with van der Waals surface area (Å²) in [6.07, 6.45) is 0.967. The molecule has 110 valence electrons. The molecule has 0 heterocycles. The van der Waals surface area contributed by atoms with E-state index in [0.29, 0.717) is 16.4 Å². The lowest BCUT2D eigenvalue weighted by atomic mass is 10.2. The van der Waals surface area contributed by atoms with Gasteiger partial charge >= 0.3 is 5.97 Å². The molecule has 1 aromatic carbocycles. The number of hydrogen-bond donors (Lipinski definition) is 4. The fourth-order valence-electron chi connectivity index (χ4n) is 1.33. The van der Waals surface area contributed by atoms with E-state index in [9.17, 15) is 9.59 Å². The summed E-state index contributed by atoms with van der Waals surface area (Å²) in [5, 5.41) is 22.8. The summed E-state index contributed by atoms with van der Waals surface area (Å²) in [4.78, 5) is 22.0.